The Hall–Kier alpha value is -3.13. The number of carbonyl (C=O) groups is 2. The molecule has 0 spiro atoms. The Bertz CT molecular complexity index is 862. The Labute approximate surface area is 166 Å². The van der Waals surface area contributed by atoms with Crippen LogP contribution >= 0.6 is 0 Å². The average Bonchev–Trinajstić information content (AvgIpc) is 2.66. The fourth-order valence-corrected chi connectivity index (χ4v) is 3.02. The summed E-state index contributed by atoms with van der Waals surface area (Å²) in [6, 6.07) is 17.2. The van der Waals surface area contributed by atoms with Gasteiger partial charge in [0.2, 0.25) is 0 Å². The minimum Gasteiger partial charge on any atom is -0.455 e. The zero-order chi connectivity index (χ0) is 20.7. The highest BCUT2D eigenvalue weighted by Crippen LogP contribution is 2.25. The molecule has 0 aliphatic rings. The smallest absolute Gasteiger partial charge is 0.316 e. The first-order valence-corrected chi connectivity index (χ1v) is 9.24. The zero-order valence-corrected chi connectivity index (χ0v) is 16.9. The summed E-state index contributed by atoms with van der Waals surface area (Å²) in [4.78, 5) is 26.9. The van der Waals surface area contributed by atoms with E-state index in [1.807, 2.05) is 62.4 Å². The molecule has 0 saturated carbocycles. The first kappa shape index (κ1) is 21.2. The fourth-order valence-electron chi connectivity index (χ4n) is 3.02. The Kier molecular flexibility index (Phi) is 6.94. The van der Waals surface area contributed by atoms with Crippen molar-refractivity contribution in [2.75, 3.05) is 18.1 Å². The van der Waals surface area contributed by atoms with E-state index in [4.69, 9.17) is 10.00 Å². The lowest BCUT2D eigenvalue weighted by atomic mass is 9.85. The molecule has 0 unspecified atom stereocenters. The monoisotopic (exact) mass is 378 g/mol. The normalized spacial score (nSPS) is 10.8. The van der Waals surface area contributed by atoms with Crippen LogP contribution in [0, 0.1) is 25.2 Å². The van der Waals surface area contributed by atoms with Gasteiger partial charge in [-0.05, 0) is 56.5 Å². The van der Waals surface area contributed by atoms with Crippen LogP contribution in [-0.2, 0) is 19.7 Å². The number of hydrogen-bond donors (Lipinski definition) is 0. The molecule has 2 aromatic carbocycles. The molecule has 0 aliphatic carbocycles. The minimum absolute atomic E-state index is 0.197. The molecule has 0 atom stereocenters. The van der Waals surface area contributed by atoms with Gasteiger partial charge in [0.1, 0.15) is 0 Å². The largest absolute Gasteiger partial charge is 0.455 e. The average molecular weight is 378 g/mol. The number of nitriles is 1. The van der Waals surface area contributed by atoms with Gasteiger partial charge in [-0.1, -0.05) is 36.4 Å². The first-order chi connectivity index (χ1) is 13.3. The van der Waals surface area contributed by atoms with E-state index in [2.05, 4.69) is 6.07 Å². The molecular formula is C23H26N2O3. The predicted molar refractivity (Wildman–Crippen MR) is 109 cm³/mol. The van der Waals surface area contributed by atoms with Crippen LogP contribution in [0.5, 0.6) is 0 Å². The Morgan fingerprint density at radius 3 is 2.25 bits per heavy atom. The molecule has 5 nitrogen and oxygen atoms in total. The predicted octanol–water partition coefficient (Wildman–Crippen LogP) is 4.07. The molecule has 0 aliphatic heterocycles. The van der Waals surface area contributed by atoms with Gasteiger partial charge in [0.05, 0.1) is 17.9 Å². The van der Waals surface area contributed by atoms with Crippen molar-refractivity contribution in [3.05, 3.63) is 65.2 Å². The van der Waals surface area contributed by atoms with E-state index in [-0.39, 0.29) is 25.5 Å². The zero-order valence-electron chi connectivity index (χ0n) is 16.9. The van der Waals surface area contributed by atoms with Gasteiger partial charge in [-0.3, -0.25) is 9.59 Å². The lowest BCUT2D eigenvalue weighted by Gasteiger charge is -2.25. The first-order valence-electron chi connectivity index (χ1n) is 9.24. The number of hydrogen-bond acceptors (Lipinski definition) is 4. The molecule has 0 heterocycles. The molecule has 0 saturated heterocycles. The van der Waals surface area contributed by atoms with E-state index in [1.165, 1.54) is 4.90 Å². The van der Waals surface area contributed by atoms with Crippen LogP contribution in [0.1, 0.15) is 37.0 Å². The highest BCUT2D eigenvalue weighted by Gasteiger charge is 2.32. The van der Waals surface area contributed by atoms with E-state index in [1.54, 1.807) is 13.8 Å². The number of rotatable bonds is 7. The topological polar surface area (TPSA) is 70.4 Å². The molecule has 0 aromatic heterocycles. The number of anilines is 1. The van der Waals surface area contributed by atoms with Crippen molar-refractivity contribution >= 4 is 17.6 Å². The van der Waals surface area contributed by atoms with Gasteiger partial charge in [0.15, 0.2) is 6.61 Å². The molecule has 0 fully saturated rings. The van der Waals surface area contributed by atoms with E-state index >= 15 is 0 Å². The highest BCUT2D eigenvalue weighted by atomic mass is 16.5. The molecule has 2 rings (SSSR count). The second kappa shape index (κ2) is 9.18. The molecule has 5 heteroatoms. The number of aryl methyl sites for hydroxylation is 2. The summed E-state index contributed by atoms with van der Waals surface area (Å²) >= 11 is 0. The van der Waals surface area contributed by atoms with Crippen LogP contribution in [0.3, 0.4) is 0 Å². The third kappa shape index (κ3) is 5.20. The van der Waals surface area contributed by atoms with Crippen molar-refractivity contribution in [1.29, 1.82) is 5.26 Å². The second-order valence-electron chi connectivity index (χ2n) is 7.37. The molecule has 28 heavy (non-hydrogen) atoms. The maximum Gasteiger partial charge on any atom is 0.316 e. The van der Waals surface area contributed by atoms with Crippen molar-refractivity contribution in [1.82, 2.24) is 0 Å². The van der Waals surface area contributed by atoms with Crippen LogP contribution in [0.25, 0.3) is 0 Å². The highest BCUT2D eigenvalue weighted by molar-refractivity contribution is 5.96. The van der Waals surface area contributed by atoms with E-state index in [9.17, 15) is 9.59 Å². The molecular weight excluding hydrogens is 352 g/mol. The Morgan fingerprint density at radius 1 is 1.07 bits per heavy atom. The lowest BCUT2D eigenvalue weighted by molar-refractivity contribution is -0.152. The van der Waals surface area contributed by atoms with Gasteiger partial charge in [-0.25, -0.2) is 0 Å². The Balaban J connectivity index is 2.13. The third-order valence-electron chi connectivity index (χ3n) is 4.60. The Morgan fingerprint density at radius 2 is 1.68 bits per heavy atom. The summed E-state index contributed by atoms with van der Waals surface area (Å²) < 4.78 is 5.35. The number of benzene rings is 2. The number of esters is 1. The number of carbonyl (C=O) groups excluding carboxylic acids is 2. The molecule has 0 radical (unpaired) electrons. The summed E-state index contributed by atoms with van der Waals surface area (Å²) in [5.74, 6) is -0.815. The molecule has 2 aromatic rings. The van der Waals surface area contributed by atoms with Crippen LogP contribution < -0.4 is 4.90 Å². The minimum atomic E-state index is -0.862. The molecule has 0 bridgehead atoms. The van der Waals surface area contributed by atoms with E-state index in [0.29, 0.717) is 5.69 Å². The van der Waals surface area contributed by atoms with Gasteiger partial charge in [0, 0.05) is 12.2 Å². The summed E-state index contributed by atoms with van der Waals surface area (Å²) in [5.41, 5.74) is 2.71. The molecule has 0 N–H and O–H groups in total. The van der Waals surface area contributed by atoms with Crippen LogP contribution in [0.15, 0.2) is 48.5 Å². The lowest BCUT2D eigenvalue weighted by Crippen LogP contribution is -2.38. The summed E-state index contributed by atoms with van der Waals surface area (Å²) in [6.07, 6.45) is 0.197. The summed E-state index contributed by atoms with van der Waals surface area (Å²) in [7, 11) is 0. The summed E-state index contributed by atoms with van der Waals surface area (Å²) in [6.45, 7) is 7.32. The maximum absolute atomic E-state index is 12.8. The van der Waals surface area contributed by atoms with E-state index in [0.717, 1.165) is 16.7 Å². The van der Waals surface area contributed by atoms with Crippen molar-refractivity contribution in [3.8, 4) is 6.07 Å². The van der Waals surface area contributed by atoms with Crippen molar-refractivity contribution < 1.29 is 14.3 Å². The SMILES string of the molecule is Cc1cc(C)cc(N(CCC#N)C(=O)COC(=O)C(C)(C)c2ccccc2)c1. The van der Waals surface area contributed by atoms with Gasteiger partial charge in [-0.2, -0.15) is 5.26 Å². The number of nitrogens with zero attached hydrogens (tertiary/aromatic N) is 2. The van der Waals surface area contributed by atoms with Crippen molar-refractivity contribution in [3.63, 3.8) is 0 Å². The van der Waals surface area contributed by atoms with Crippen LogP contribution in [0.2, 0.25) is 0 Å². The summed E-state index contributed by atoms with van der Waals surface area (Å²) in [5, 5.41) is 8.93. The van der Waals surface area contributed by atoms with Gasteiger partial charge in [0.25, 0.3) is 5.91 Å². The van der Waals surface area contributed by atoms with Gasteiger partial charge in [-0.15, -0.1) is 0 Å². The standard InChI is InChI=1S/C23H26N2O3/c1-17-13-18(2)15-20(14-17)25(12-8-11-24)21(26)16-28-22(27)23(3,4)19-9-6-5-7-10-19/h5-7,9-10,13-15H,8,12,16H2,1-4H3. The van der Waals surface area contributed by atoms with Crippen LogP contribution in [-0.4, -0.2) is 25.0 Å². The van der Waals surface area contributed by atoms with Crippen LogP contribution in [0.4, 0.5) is 5.69 Å². The third-order valence-corrected chi connectivity index (χ3v) is 4.60. The fraction of sp³-hybridized carbons (Fsp3) is 0.348. The van der Waals surface area contributed by atoms with Gasteiger partial charge < -0.3 is 9.64 Å². The molecule has 1 amide bonds. The van der Waals surface area contributed by atoms with Crippen molar-refractivity contribution in [2.24, 2.45) is 0 Å². The van der Waals surface area contributed by atoms with E-state index < -0.39 is 11.4 Å². The van der Waals surface area contributed by atoms with Crippen molar-refractivity contribution in [2.45, 2.75) is 39.5 Å². The second-order valence-corrected chi connectivity index (χ2v) is 7.37. The molecule has 146 valence electrons. The quantitative estimate of drug-likeness (QED) is 0.681. The van der Waals surface area contributed by atoms with Gasteiger partial charge >= 0.3 is 5.97 Å². The number of amides is 1. The number of ether oxygens (including phenoxy) is 1. The maximum atomic E-state index is 12.8.